The minimum atomic E-state index is 0.222. The van der Waals surface area contributed by atoms with Gasteiger partial charge in [-0.1, -0.05) is 0 Å². The average molecular weight is 249 g/mol. The summed E-state index contributed by atoms with van der Waals surface area (Å²) in [5, 5.41) is 7.79. The van der Waals surface area contributed by atoms with Gasteiger partial charge in [0.25, 0.3) is 0 Å². The molecule has 6 heteroatoms. The summed E-state index contributed by atoms with van der Waals surface area (Å²) in [6.45, 7) is 2.16. The Morgan fingerprint density at radius 3 is 2.39 bits per heavy atom. The van der Waals surface area contributed by atoms with E-state index in [1.165, 1.54) is 0 Å². The number of ether oxygens (including phenoxy) is 2. The van der Waals surface area contributed by atoms with Crippen LogP contribution in [-0.4, -0.2) is 24.4 Å². The lowest BCUT2D eigenvalue weighted by atomic mass is 10.1. The van der Waals surface area contributed by atoms with Crippen LogP contribution in [0.5, 0.6) is 11.5 Å². The summed E-state index contributed by atoms with van der Waals surface area (Å²) in [5.74, 6) is 2.11. The quantitative estimate of drug-likeness (QED) is 0.884. The Labute approximate surface area is 105 Å². The molecule has 18 heavy (non-hydrogen) atoms. The SMILES string of the molecule is COc1cc(C)c(-c2nnc(CN)o2)cc1OC. The van der Waals surface area contributed by atoms with Crippen LogP contribution < -0.4 is 15.2 Å². The molecule has 2 N–H and O–H groups in total. The molecule has 1 heterocycles. The van der Waals surface area contributed by atoms with Crippen LogP contribution in [-0.2, 0) is 6.54 Å². The first-order valence-electron chi connectivity index (χ1n) is 5.45. The third-order valence-electron chi connectivity index (χ3n) is 2.60. The highest BCUT2D eigenvalue weighted by atomic mass is 16.5. The summed E-state index contributed by atoms with van der Waals surface area (Å²) >= 11 is 0. The van der Waals surface area contributed by atoms with Crippen LogP contribution >= 0.6 is 0 Å². The molecule has 0 spiro atoms. The van der Waals surface area contributed by atoms with E-state index < -0.39 is 0 Å². The van der Waals surface area contributed by atoms with Crippen molar-refractivity contribution in [3.05, 3.63) is 23.6 Å². The van der Waals surface area contributed by atoms with E-state index in [1.54, 1.807) is 14.2 Å². The fourth-order valence-corrected chi connectivity index (χ4v) is 1.66. The molecule has 0 saturated carbocycles. The fraction of sp³-hybridized carbons (Fsp3) is 0.333. The number of benzene rings is 1. The van der Waals surface area contributed by atoms with Crippen molar-refractivity contribution in [1.29, 1.82) is 0 Å². The summed E-state index contributed by atoms with van der Waals surface area (Å²) in [5.41, 5.74) is 7.20. The maximum absolute atomic E-state index is 5.44. The molecular weight excluding hydrogens is 234 g/mol. The lowest BCUT2D eigenvalue weighted by Gasteiger charge is -2.10. The van der Waals surface area contributed by atoms with Crippen LogP contribution in [0.25, 0.3) is 11.5 Å². The van der Waals surface area contributed by atoms with E-state index in [0.29, 0.717) is 23.3 Å². The van der Waals surface area contributed by atoms with Gasteiger partial charge in [-0.05, 0) is 24.6 Å². The van der Waals surface area contributed by atoms with E-state index in [9.17, 15) is 0 Å². The van der Waals surface area contributed by atoms with Crippen molar-refractivity contribution >= 4 is 0 Å². The zero-order valence-corrected chi connectivity index (χ0v) is 10.6. The van der Waals surface area contributed by atoms with Gasteiger partial charge in [0.1, 0.15) is 0 Å². The van der Waals surface area contributed by atoms with Crippen molar-refractivity contribution in [2.45, 2.75) is 13.5 Å². The second-order valence-electron chi connectivity index (χ2n) is 3.73. The summed E-state index contributed by atoms with van der Waals surface area (Å²) in [7, 11) is 3.17. The molecule has 6 nitrogen and oxygen atoms in total. The highest BCUT2D eigenvalue weighted by Gasteiger charge is 2.14. The Hall–Kier alpha value is -2.08. The molecule has 0 atom stereocenters. The van der Waals surface area contributed by atoms with Gasteiger partial charge in [0, 0.05) is 5.56 Å². The summed E-state index contributed by atoms with van der Waals surface area (Å²) in [6.07, 6.45) is 0. The number of aromatic nitrogens is 2. The maximum Gasteiger partial charge on any atom is 0.248 e. The molecule has 2 rings (SSSR count). The number of hydrogen-bond donors (Lipinski definition) is 1. The van der Waals surface area contributed by atoms with Crippen LogP contribution in [0.2, 0.25) is 0 Å². The van der Waals surface area contributed by atoms with Gasteiger partial charge in [-0.25, -0.2) is 0 Å². The van der Waals surface area contributed by atoms with Crippen LogP contribution in [0.1, 0.15) is 11.5 Å². The molecule has 0 aliphatic carbocycles. The zero-order valence-electron chi connectivity index (χ0n) is 10.6. The lowest BCUT2D eigenvalue weighted by Crippen LogP contribution is -1.95. The average Bonchev–Trinajstić information content (AvgIpc) is 2.86. The Morgan fingerprint density at radius 1 is 1.17 bits per heavy atom. The number of nitrogens with two attached hydrogens (primary N) is 1. The number of aryl methyl sites for hydroxylation is 1. The van der Waals surface area contributed by atoms with Gasteiger partial charge in [-0.3, -0.25) is 0 Å². The standard InChI is InChI=1S/C12H15N3O3/c1-7-4-9(16-2)10(17-3)5-8(7)12-15-14-11(6-13)18-12/h4-5H,6,13H2,1-3H3. The van der Waals surface area contributed by atoms with E-state index in [2.05, 4.69) is 10.2 Å². The summed E-state index contributed by atoms with van der Waals surface area (Å²) in [6, 6.07) is 3.67. The van der Waals surface area contributed by atoms with E-state index in [4.69, 9.17) is 19.6 Å². The van der Waals surface area contributed by atoms with Crippen LogP contribution in [0.15, 0.2) is 16.5 Å². The summed E-state index contributed by atoms with van der Waals surface area (Å²) in [4.78, 5) is 0. The van der Waals surface area contributed by atoms with Crippen molar-refractivity contribution in [2.24, 2.45) is 5.73 Å². The van der Waals surface area contributed by atoms with Gasteiger partial charge in [0.15, 0.2) is 11.5 Å². The van der Waals surface area contributed by atoms with Gasteiger partial charge in [0.05, 0.1) is 20.8 Å². The smallest absolute Gasteiger partial charge is 0.248 e. The first-order valence-corrected chi connectivity index (χ1v) is 5.45. The molecule has 0 bridgehead atoms. The first-order chi connectivity index (χ1) is 8.69. The minimum Gasteiger partial charge on any atom is -0.493 e. The molecule has 0 unspecified atom stereocenters. The van der Waals surface area contributed by atoms with Gasteiger partial charge in [-0.2, -0.15) is 0 Å². The molecule has 0 aliphatic rings. The van der Waals surface area contributed by atoms with Crippen LogP contribution in [0, 0.1) is 6.92 Å². The number of methoxy groups -OCH3 is 2. The number of nitrogens with zero attached hydrogens (tertiary/aromatic N) is 2. The molecule has 1 aromatic carbocycles. The molecule has 2 aromatic rings. The van der Waals surface area contributed by atoms with Gasteiger partial charge >= 0.3 is 0 Å². The third kappa shape index (κ3) is 2.14. The monoisotopic (exact) mass is 249 g/mol. The number of hydrogen-bond acceptors (Lipinski definition) is 6. The molecule has 0 radical (unpaired) electrons. The first kappa shape index (κ1) is 12.4. The van der Waals surface area contributed by atoms with E-state index >= 15 is 0 Å². The highest BCUT2D eigenvalue weighted by Crippen LogP contribution is 2.34. The lowest BCUT2D eigenvalue weighted by molar-refractivity contribution is 0.354. The Balaban J connectivity index is 2.50. The van der Waals surface area contributed by atoms with E-state index in [1.807, 2.05) is 19.1 Å². The summed E-state index contributed by atoms with van der Waals surface area (Å²) < 4.78 is 15.9. The topological polar surface area (TPSA) is 83.4 Å². The highest BCUT2D eigenvalue weighted by molar-refractivity contribution is 5.64. The zero-order chi connectivity index (χ0) is 13.1. The Kier molecular flexibility index (Phi) is 3.47. The van der Waals surface area contributed by atoms with Crippen molar-refractivity contribution in [1.82, 2.24) is 10.2 Å². The third-order valence-corrected chi connectivity index (χ3v) is 2.60. The van der Waals surface area contributed by atoms with Crippen molar-refractivity contribution in [3.63, 3.8) is 0 Å². The van der Waals surface area contributed by atoms with Crippen LogP contribution in [0.3, 0.4) is 0 Å². The van der Waals surface area contributed by atoms with E-state index in [-0.39, 0.29) is 6.54 Å². The molecule has 1 aromatic heterocycles. The second-order valence-corrected chi connectivity index (χ2v) is 3.73. The van der Waals surface area contributed by atoms with Crippen molar-refractivity contribution in [2.75, 3.05) is 14.2 Å². The van der Waals surface area contributed by atoms with Crippen LogP contribution in [0.4, 0.5) is 0 Å². The normalized spacial score (nSPS) is 10.4. The molecule has 0 aliphatic heterocycles. The Bertz CT molecular complexity index is 551. The number of rotatable bonds is 4. The molecule has 0 saturated heterocycles. The maximum atomic E-state index is 5.44. The Morgan fingerprint density at radius 2 is 1.83 bits per heavy atom. The predicted octanol–water partition coefficient (Wildman–Crippen LogP) is 1.52. The van der Waals surface area contributed by atoms with Gasteiger partial charge in [0.2, 0.25) is 11.8 Å². The predicted molar refractivity (Wildman–Crippen MR) is 65.5 cm³/mol. The largest absolute Gasteiger partial charge is 0.493 e. The molecule has 96 valence electrons. The fourth-order valence-electron chi connectivity index (χ4n) is 1.66. The van der Waals surface area contributed by atoms with Gasteiger partial charge < -0.3 is 19.6 Å². The molecule has 0 amide bonds. The minimum absolute atomic E-state index is 0.222. The molecule has 0 fully saturated rings. The molecular formula is C12H15N3O3. The van der Waals surface area contributed by atoms with Crippen molar-refractivity contribution in [3.8, 4) is 23.0 Å². The van der Waals surface area contributed by atoms with E-state index in [0.717, 1.165) is 11.1 Å². The second kappa shape index (κ2) is 5.05. The van der Waals surface area contributed by atoms with Crippen molar-refractivity contribution < 1.29 is 13.9 Å². The van der Waals surface area contributed by atoms with Gasteiger partial charge in [-0.15, -0.1) is 10.2 Å².